The molecule has 0 spiro atoms. The number of nitrogens with one attached hydrogen (secondary N) is 1. The minimum Gasteiger partial charge on any atom is -0.328 e. The van der Waals surface area contributed by atoms with E-state index in [1.807, 2.05) is 25.1 Å². The van der Waals surface area contributed by atoms with Gasteiger partial charge < -0.3 is 9.47 Å². The van der Waals surface area contributed by atoms with Gasteiger partial charge in [0, 0.05) is 19.5 Å². The summed E-state index contributed by atoms with van der Waals surface area (Å²) in [6, 6.07) is 14.9. The molecule has 1 aromatic heterocycles. The highest BCUT2D eigenvalue weighted by Crippen LogP contribution is 2.17. The number of rotatable bonds is 9. The first kappa shape index (κ1) is 20.5. The van der Waals surface area contributed by atoms with E-state index in [1.165, 1.54) is 0 Å². The molecule has 0 fully saturated rings. The predicted molar refractivity (Wildman–Crippen MR) is 113 cm³/mol. The third-order valence-corrected chi connectivity index (χ3v) is 6.17. The molecule has 0 atom stereocenters. The zero-order chi connectivity index (χ0) is 20.1. The summed E-state index contributed by atoms with van der Waals surface area (Å²) in [6.07, 6.45) is 1.55. The van der Waals surface area contributed by atoms with Crippen LogP contribution in [0.2, 0.25) is 0 Å². The van der Waals surface area contributed by atoms with Crippen molar-refractivity contribution in [3.8, 4) is 0 Å². The average Bonchev–Trinajstić information content (AvgIpc) is 2.99. The van der Waals surface area contributed by atoms with Gasteiger partial charge in [0.2, 0.25) is 10.0 Å². The molecule has 0 radical (unpaired) electrons. The second kappa shape index (κ2) is 8.86. The summed E-state index contributed by atoms with van der Waals surface area (Å²) in [4.78, 5) is 7.18. The molecule has 3 aromatic rings. The monoisotopic (exact) mass is 400 g/mol. The van der Waals surface area contributed by atoms with Crippen LogP contribution in [0, 0.1) is 6.92 Å². The first-order valence-electron chi connectivity index (χ1n) is 9.52. The molecular weight excluding hydrogens is 372 g/mol. The topological polar surface area (TPSA) is 67.2 Å². The number of aromatic nitrogens is 2. The van der Waals surface area contributed by atoms with Gasteiger partial charge in [0.25, 0.3) is 0 Å². The van der Waals surface area contributed by atoms with Crippen molar-refractivity contribution in [1.82, 2.24) is 19.2 Å². The maximum absolute atomic E-state index is 12.5. The molecule has 28 heavy (non-hydrogen) atoms. The zero-order valence-corrected chi connectivity index (χ0v) is 17.5. The van der Waals surface area contributed by atoms with Gasteiger partial charge in [0.05, 0.1) is 15.9 Å². The van der Waals surface area contributed by atoms with Crippen molar-refractivity contribution in [2.45, 2.75) is 31.2 Å². The van der Waals surface area contributed by atoms with Gasteiger partial charge in [-0.25, -0.2) is 18.1 Å². The minimum atomic E-state index is -3.51. The molecule has 0 aliphatic heterocycles. The highest BCUT2D eigenvalue weighted by molar-refractivity contribution is 7.89. The van der Waals surface area contributed by atoms with Crippen LogP contribution in [0.3, 0.4) is 0 Å². The van der Waals surface area contributed by atoms with Gasteiger partial charge in [-0.1, -0.05) is 29.8 Å². The number of hydrogen-bond donors (Lipinski definition) is 1. The number of hydrogen-bond acceptors (Lipinski definition) is 4. The highest BCUT2D eigenvalue weighted by atomic mass is 32.2. The lowest BCUT2D eigenvalue weighted by molar-refractivity contribution is 0.386. The third kappa shape index (κ3) is 4.98. The molecule has 0 aliphatic carbocycles. The summed E-state index contributed by atoms with van der Waals surface area (Å²) in [5.41, 5.74) is 3.08. The van der Waals surface area contributed by atoms with E-state index in [2.05, 4.69) is 34.4 Å². The normalized spacial score (nSPS) is 12.1. The fourth-order valence-corrected chi connectivity index (χ4v) is 4.24. The molecule has 7 heteroatoms. The quantitative estimate of drug-likeness (QED) is 0.600. The first-order valence-corrected chi connectivity index (χ1v) is 11.0. The molecule has 150 valence electrons. The number of imidazole rings is 1. The van der Waals surface area contributed by atoms with E-state index in [0.29, 0.717) is 13.0 Å². The SMILES string of the molecule is Cc1ccc(S(=O)(=O)NCCc2nc3ccccc3n2CCCN(C)C)cc1. The van der Waals surface area contributed by atoms with E-state index < -0.39 is 10.0 Å². The molecule has 0 unspecified atom stereocenters. The fourth-order valence-electron chi connectivity index (χ4n) is 3.21. The second-order valence-corrected chi connectivity index (χ2v) is 9.05. The molecule has 0 bridgehead atoms. The maximum Gasteiger partial charge on any atom is 0.240 e. The van der Waals surface area contributed by atoms with Crippen molar-refractivity contribution in [3.05, 3.63) is 59.9 Å². The summed E-state index contributed by atoms with van der Waals surface area (Å²) in [5, 5.41) is 0. The summed E-state index contributed by atoms with van der Waals surface area (Å²) < 4.78 is 29.9. The van der Waals surface area contributed by atoms with Crippen molar-refractivity contribution >= 4 is 21.1 Å². The molecule has 3 rings (SSSR count). The van der Waals surface area contributed by atoms with Crippen molar-refractivity contribution in [2.24, 2.45) is 0 Å². The summed E-state index contributed by atoms with van der Waals surface area (Å²) in [7, 11) is 0.613. The Hall–Kier alpha value is -2.22. The van der Waals surface area contributed by atoms with Crippen LogP contribution in [0.5, 0.6) is 0 Å². The van der Waals surface area contributed by atoms with Gasteiger partial charge in [0.1, 0.15) is 5.82 Å². The molecule has 6 nitrogen and oxygen atoms in total. The van der Waals surface area contributed by atoms with E-state index in [9.17, 15) is 8.42 Å². The average molecular weight is 401 g/mol. The van der Waals surface area contributed by atoms with Crippen molar-refractivity contribution in [1.29, 1.82) is 0 Å². The van der Waals surface area contributed by atoms with E-state index in [1.54, 1.807) is 24.3 Å². The minimum absolute atomic E-state index is 0.289. The van der Waals surface area contributed by atoms with Crippen LogP contribution in [-0.2, 0) is 23.0 Å². The van der Waals surface area contributed by atoms with Gasteiger partial charge in [-0.15, -0.1) is 0 Å². The maximum atomic E-state index is 12.5. The molecule has 0 amide bonds. The molecule has 2 aromatic carbocycles. The fraction of sp³-hybridized carbons (Fsp3) is 0.381. The number of para-hydroxylation sites is 2. The van der Waals surface area contributed by atoms with Crippen molar-refractivity contribution < 1.29 is 8.42 Å². The van der Waals surface area contributed by atoms with Crippen molar-refractivity contribution in [2.75, 3.05) is 27.2 Å². The molecule has 0 saturated carbocycles. The van der Waals surface area contributed by atoms with Crippen LogP contribution in [0.1, 0.15) is 17.8 Å². The number of nitrogens with zero attached hydrogens (tertiary/aromatic N) is 3. The Balaban J connectivity index is 1.72. The van der Waals surface area contributed by atoms with Gasteiger partial charge in [-0.2, -0.15) is 0 Å². The smallest absolute Gasteiger partial charge is 0.240 e. The largest absolute Gasteiger partial charge is 0.328 e. The van der Waals surface area contributed by atoms with E-state index >= 15 is 0 Å². The van der Waals surface area contributed by atoms with Gasteiger partial charge >= 0.3 is 0 Å². The lowest BCUT2D eigenvalue weighted by Crippen LogP contribution is -2.27. The molecule has 0 saturated heterocycles. The Labute approximate surface area is 167 Å². The first-order chi connectivity index (χ1) is 13.4. The Morgan fingerprint density at radius 1 is 1.07 bits per heavy atom. The second-order valence-electron chi connectivity index (χ2n) is 7.29. The summed E-state index contributed by atoms with van der Waals surface area (Å²) in [5.74, 6) is 0.909. The molecule has 1 N–H and O–H groups in total. The summed E-state index contributed by atoms with van der Waals surface area (Å²) in [6.45, 7) is 4.10. The van der Waals surface area contributed by atoms with Gasteiger partial charge in [-0.3, -0.25) is 0 Å². The zero-order valence-electron chi connectivity index (χ0n) is 16.7. The highest BCUT2D eigenvalue weighted by Gasteiger charge is 2.15. The molecule has 0 aliphatic rings. The summed E-state index contributed by atoms with van der Waals surface area (Å²) >= 11 is 0. The number of sulfonamides is 1. The van der Waals surface area contributed by atoms with Crippen LogP contribution in [0.15, 0.2) is 53.4 Å². The molecule has 1 heterocycles. The Bertz CT molecular complexity index is 1020. The van der Waals surface area contributed by atoms with Crippen LogP contribution in [0.4, 0.5) is 0 Å². The van der Waals surface area contributed by atoms with Crippen molar-refractivity contribution in [3.63, 3.8) is 0 Å². The van der Waals surface area contributed by atoms with E-state index in [4.69, 9.17) is 4.98 Å². The lowest BCUT2D eigenvalue weighted by atomic mass is 10.2. The Morgan fingerprint density at radius 2 is 1.79 bits per heavy atom. The third-order valence-electron chi connectivity index (χ3n) is 4.69. The Morgan fingerprint density at radius 3 is 2.50 bits per heavy atom. The van der Waals surface area contributed by atoms with Crippen LogP contribution in [0.25, 0.3) is 11.0 Å². The van der Waals surface area contributed by atoms with Gasteiger partial charge in [-0.05, 0) is 58.3 Å². The predicted octanol–water partition coefficient (Wildman–Crippen LogP) is 2.82. The van der Waals surface area contributed by atoms with Crippen LogP contribution < -0.4 is 4.72 Å². The number of fused-ring (bicyclic) bond motifs is 1. The van der Waals surface area contributed by atoms with E-state index in [0.717, 1.165) is 41.9 Å². The number of aryl methyl sites for hydroxylation is 2. The number of benzene rings is 2. The van der Waals surface area contributed by atoms with E-state index in [-0.39, 0.29) is 4.90 Å². The Kier molecular flexibility index (Phi) is 6.49. The molecular formula is C21H28N4O2S. The van der Waals surface area contributed by atoms with Crippen LogP contribution in [-0.4, -0.2) is 50.1 Å². The standard InChI is InChI=1S/C21H28N4O2S/c1-17-9-11-18(12-10-17)28(26,27)22-14-13-21-23-19-7-4-5-8-20(19)25(21)16-6-15-24(2)3/h4-5,7-12,22H,6,13-16H2,1-3H3. The van der Waals surface area contributed by atoms with Crippen LogP contribution >= 0.6 is 0 Å². The lowest BCUT2D eigenvalue weighted by Gasteiger charge is -2.13. The van der Waals surface area contributed by atoms with Gasteiger partial charge in [0.15, 0.2) is 0 Å².